The number of esters is 2. The van der Waals surface area contributed by atoms with Gasteiger partial charge in [-0.15, -0.1) is 11.3 Å². The van der Waals surface area contributed by atoms with Crippen LogP contribution in [0.25, 0.3) is 0 Å². The molecule has 152 valence electrons. The molecule has 8 nitrogen and oxygen atoms in total. The highest BCUT2D eigenvalue weighted by molar-refractivity contribution is 7.18. The highest BCUT2D eigenvalue weighted by Gasteiger charge is 2.28. The summed E-state index contributed by atoms with van der Waals surface area (Å²) in [6, 6.07) is -0.680. The lowest BCUT2D eigenvalue weighted by Gasteiger charge is -2.13. The van der Waals surface area contributed by atoms with Gasteiger partial charge in [0.05, 0.1) is 30.0 Å². The van der Waals surface area contributed by atoms with Crippen molar-refractivity contribution >= 4 is 45.8 Å². The Morgan fingerprint density at radius 2 is 2.00 bits per heavy atom. The van der Waals surface area contributed by atoms with E-state index >= 15 is 0 Å². The van der Waals surface area contributed by atoms with E-state index in [0.717, 1.165) is 11.3 Å². The van der Waals surface area contributed by atoms with Crippen molar-refractivity contribution in [3.05, 3.63) is 33.4 Å². The van der Waals surface area contributed by atoms with Gasteiger partial charge in [0.25, 0.3) is 0 Å². The van der Waals surface area contributed by atoms with Crippen molar-refractivity contribution in [1.29, 1.82) is 0 Å². The number of anilines is 1. The molecule has 0 bridgehead atoms. The number of thiophene rings is 1. The Bertz CT molecular complexity index is 877. The molecular formula is C18H22ClN3O5S. The van der Waals surface area contributed by atoms with Gasteiger partial charge in [-0.2, -0.15) is 5.10 Å². The van der Waals surface area contributed by atoms with Gasteiger partial charge in [0.1, 0.15) is 15.9 Å². The second kappa shape index (κ2) is 9.70. The van der Waals surface area contributed by atoms with Gasteiger partial charge in [0.2, 0.25) is 5.91 Å². The smallest absolute Gasteiger partial charge is 0.348 e. The average Bonchev–Trinajstić information content (AvgIpc) is 3.22. The molecule has 0 radical (unpaired) electrons. The summed E-state index contributed by atoms with van der Waals surface area (Å²) in [6.45, 7) is 7.26. The molecule has 0 spiro atoms. The minimum atomic E-state index is -0.680. The highest BCUT2D eigenvalue weighted by Crippen LogP contribution is 2.35. The van der Waals surface area contributed by atoms with E-state index in [1.807, 2.05) is 6.92 Å². The first-order valence-corrected chi connectivity index (χ1v) is 9.97. The van der Waals surface area contributed by atoms with E-state index in [1.165, 1.54) is 17.1 Å². The highest BCUT2D eigenvalue weighted by atomic mass is 35.5. The number of carbonyl (C=O) groups is 3. The van der Waals surface area contributed by atoms with Gasteiger partial charge in [0, 0.05) is 6.20 Å². The summed E-state index contributed by atoms with van der Waals surface area (Å²) in [5.74, 6) is -1.57. The van der Waals surface area contributed by atoms with Crippen LogP contribution in [0.2, 0.25) is 5.02 Å². The van der Waals surface area contributed by atoms with Crippen LogP contribution in [0.1, 0.15) is 58.8 Å². The molecule has 10 heteroatoms. The predicted octanol–water partition coefficient (Wildman–Crippen LogP) is 3.85. The number of halogens is 1. The normalized spacial score (nSPS) is 11.8. The first kappa shape index (κ1) is 21.9. The van der Waals surface area contributed by atoms with Crippen LogP contribution in [0.4, 0.5) is 5.00 Å². The monoisotopic (exact) mass is 427 g/mol. The molecule has 2 aromatic heterocycles. The van der Waals surface area contributed by atoms with E-state index < -0.39 is 23.9 Å². The van der Waals surface area contributed by atoms with Crippen molar-refractivity contribution in [2.75, 3.05) is 18.5 Å². The third kappa shape index (κ3) is 4.90. The summed E-state index contributed by atoms with van der Waals surface area (Å²) in [5, 5.41) is 7.35. The van der Waals surface area contributed by atoms with E-state index in [0.29, 0.717) is 17.0 Å². The van der Waals surface area contributed by atoms with Crippen molar-refractivity contribution in [2.45, 2.75) is 40.2 Å². The zero-order valence-electron chi connectivity index (χ0n) is 16.1. The van der Waals surface area contributed by atoms with Crippen molar-refractivity contribution in [1.82, 2.24) is 9.78 Å². The zero-order chi connectivity index (χ0) is 20.8. The molecule has 1 N–H and O–H groups in total. The van der Waals surface area contributed by atoms with E-state index in [1.54, 1.807) is 20.8 Å². The molecule has 1 amide bonds. The van der Waals surface area contributed by atoms with Crippen LogP contribution in [0, 0.1) is 6.92 Å². The van der Waals surface area contributed by atoms with Gasteiger partial charge in [-0.1, -0.05) is 18.5 Å². The van der Waals surface area contributed by atoms with Crippen molar-refractivity contribution in [3.8, 4) is 0 Å². The van der Waals surface area contributed by atoms with Crippen LogP contribution in [-0.2, 0) is 14.3 Å². The maximum absolute atomic E-state index is 12.7. The van der Waals surface area contributed by atoms with Crippen LogP contribution in [0.15, 0.2) is 12.4 Å². The van der Waals surface area contributed by atoms with Crippen LogP contribution >= 0.6 is 22.9 Å². The van der Waals surface area contributed by atoms with E-state index in [2.05, 4.69) is 10.4 Å². The standard InChI is InChI=1S/C18H22ClN3O5S/c1-5-7-27-17(24)13-10(3)14(18(25)26-6-2)28-16(13)21-15(23)11(4)22-9-12(19)8-20-22/h8-9,11H,5-7H2,1-4H3,(H,21,23). The minimum absolute atomic E-state index is 0.153. The SMILES string of the molecule is CCCOC(=O)c1c(NC(=O)C(C)n2cc(Cl)cn2)sc(C(=O)OCC)c1C. The largest absolute Gasteiger partial charge is 0.462 e. The summed E-state index contributed by atoms with van der Waals surface area (Å²) < 4.78 is 11.7. The molecule has 2 heterocycles. The quantitative estimate of drug-likeness (QED) is 0.642. The molecule has 0 aliphatic carbocycles. The Kier molecular flexibility index (Phi) is 7.59. The van der Waals surface area contributed by atoms with Crippen LogP contribution in [-0.4, -0.2) is 40.8 Å². The van der Waals surface area contributed by atoms with Crippen LogP contribution < -0.4 is 5.32 Å². The number of nitrogens with one attached hydrogen (secondary N) is 1. The first-order chi connectivity index (χ1) is 13.3. The Morgan fingerprint density at radius 1 is 1.29 bits per heavy atom. The van der Waals surface area contributed by atoms with E-state index in [9.17, 15) is 14.4 Å². The Hall–Kier alpha value is -2.39. The maximum Gasteiger partial charge on any atom is 0.348 e. The molecule has 0 aliphatic heterocycles. The second-order valence-corrected chi connectivity index (χ2v) is 7.38. The molecular weight excluding hydrogens is 406 g/mol. The molecule has 0 aliphatic rings. The van der Waals surface area contributed by atoms with Gasteiger partial charge in [-0.25, -0.2) is 9.59 Å². The summed E-state index contributed by atoms with van der Waals surface area (Å²) in [5.41, 5.74) is 0.565. The molecule has 0 saturated heterocycles. The number of hydrogen-bond donors (Lipinski definition) is 1. The summed E-state index contributed by atoms with van der Waals surface area (Å²) in [7, 11) is 0. The molecule has 0 saturated carbocycles. The summed E-state index contributed by atoms with van der Waals surface area (Å²) in [6.07, 6.45) is 3.59. The molecule has 2 aromatic rings. The number of carbonyl (C=O) groups excluding carboxylic acids is 3. The lowest BCUT2D eigenvalue weighted by atomic mass is 10.1. The third-order valence-electron chi connectivity index (χ3n) is 3.83. The van der Waals surface area contributed by atoms with Gasteiger partial charge in [0.15, 0.2) is 0 Å². The molecule has 1 unspecified atom stereocenters. The molecule has 28 heavy (non-hydrogen) atoms. The molecule has 0 aromatic carbocycles. The molecule has 2 rings (SSSR count). The number of ether oxygens (including phenoxy) is 2. The van der Waals surface area contributed by atoms with Gasteiger partial charge >= 0.3 is 11.9 Å². The number of amides is 1. The topological polar surface area (TPSA) is 99.5 Å². The van der Waals surface area contributed by atoms with Gasteiger partial charge in [-0.3, -0.25) is 9.48 Å². The third-order valence-corrected chi connectivity index (χ3v) is 5.21. The fourth-order valence-corrected chi connectivity index (χ4v) is 3.60. The number of rotatable bonds is 8. The van der Waals surface area contributed by atoms with Crippen molar-refractivity contribution in [2.24, 2.45) is 0 Å². The first-order valence-electron chi connectivity index (χ1n) is 8.78. The molecule has 1 atom stereocenters. The number of nitrogens with zero attached hydrogens (tertiary/aromatic N) is 2. The number of hydrogen-bond acceptors (Lipinski definition) is 7. The Balaban J connectivity index is 2.34. The fourth-order valence-electron chi connectivity index (χ4n) is 2.37. The fraction of sp³-hybridized carbons (Fsp3) is 0.444. The van der Waals surface area contributed by atoms with Crippen LogP contribution in [0.5, 0.6) is 0 Å². The van der Waals surface area contributed by atoms with Gasteiger partial charge in [-0.05, 0) is 32.8 Å². The minimum Gasteiger partial charge on any atom is -0.462 e. The van der Waals surface area contributed by atoms with Crippen molar-refractivity contribution < 1.29 is 23.9 Å². The molecule has 0 fully saturated rings. The van der Waals surface area contributed by atoms with Crippen molar-refractivity contribution in [3.63, 3.8) is 0 Å². The number of aromatic nitrogens is 2. The lowest BCUT2D eigenvalue weighted by Crippen LogP contribution is -2.24. The zero-order valence-corrected chi connectivity index (χ0v) is 17.6. The summed E-state index contributed by atoms with van der Waals surface area (Å²) >= 11 is 6.83. The average molecular weight is 428 g/mol. The summed E-state index contributed by atoms with van der Waals surface area (Å²) in [4.78, 5) is 37.6. The van der Waals surface area contributed by atoms with Gasteiger partial charge < -0.3 is 14.8 Å². The predicted molar refractivity (Wildman–Crippen MR) is 106 cm³/mol. The second-order valence-electron chi connectivity index (χ2n) is 5.92. The van der Waals surface area contributed by atoms with Crippen LogP contribution in [0.3, 0.4) is 0 Å². The Morgan fingerprint density at radius 3 is 2.57 bits per heavy atom. The van der Waals surface area contributed by atoms with E-state index in [4.69, 9.17) is 21.1 Å². The van der Waals surface area contributed by atoms with E-state index in [-0.39, 0.29) is 28.7 Å². The Labute approximate surface area is 171 Å². The lowest BCUT2D eigenvalue weighted by molar-refractivity contribution is -0.119. The maximum atomic E-state index is 12.7.